The highest BCUT2D eigenvalue weighted by atomic mass is 16.5. The van der Waals surface area contributed by atoms with Crippen LogP contribution in [0.25, 0.3) is 0 Å². The Kier molecular flexibility index (Phi) is 2.79. The quantitative estimate of drug-likeness (QED) is 0.642. The van der Waals surface area contributed by atoms with Gasteiger partial charge in [0.1, 0.15) is 0 Å². The Hall–Kier alpha value is -1.65. The number of ether oxygens (including phenoxy) is 1. The van der Waals surface area contributed by atoms with Crippen molar-refractivity contribution in [2.45, 2.75) is 13.3 Å². The lowest BCUT2D eigenvalue weighted by Crippen LogP contribution is -2.19. The van der Waals surface area contributed by atoms with E-state index >= 15 is 0 Å². The number of aryl methyl sites for hydroxylation is 1. The lowest BCUT2D eigenvalue weighted by Gasteiger charge is -2.01. The van der Waals surface area contributed by atoms with Crippen LogP contribution >= 0.6 is 0 Å². The lowest BCUT2D eigenvalue weighted by atomic mass is 10.1. The predicted octanol–water partition coefficient (Wildman–Crippen LogP) is -0.206. The molecule has 1 aromatic heterocycles. The molecule has 70 valence electrons. The third kappa shape index (κ3) is 2.14. The first kappa shape index (κ1) is 9.44. The zero-order chi connectivity index (χ0) is 9.84. The van der Waals surface area contributed by atoms with Crippen LogP contribution in [0.15, 0.2) is 11.0 Å². The number of carbonyl (C=O) groups is 1. The Bertz CT molecular complexity index is 370. The van der Waals surface area contributed by atoms with Crippen LogP contribution < -0.4 is 5.56 Å². The summed E-state index contributed by atoms with van der Waals surface area (Å²) in [6.07, 6.45) is 1.49. The van der Waals surface area contributed by atoms with Crippen molar-refractivity contribution < 1.29 is 9.53 Å². The lowest BCUT2D eigenvalue weighted by molar-refractivity contribution is -0.139. The van der Waals surface area contributed by atoms with Crippen LogP contribution in [0.1, 0.15) is 11.1 Å². The first-order valence-corrected chi connectivity index (χ1v) is 3.75. The summed E-state index contributed by atoms with van der Waals surface area (Å²) in [5, 5.41) is 5.84. The molecule has 1 heterocycles. The maximum atomic E-state index is 11.2. The molecule has 5 heteroatoms. The van der Waals surface area contributed by atoms with Gasteiger partial charge in [-0.2, -0.15) is 5.10 Å². The summed E-state index contributed by atoms with van der Waals surface area (Å²) in [7, 11) is 1.28. The minimum atomic E-state index is -0.431. The largest absolute Gasteiger partial charge is 0.469 e. The van der Waals surface area contributed by atoms with Gasteiger partial charge in [0.2, 0.25) is 0 Å². The van der Waals surface area contributed by atoms with E-state index in [4.69, 9.17) is 0 Å². The number of hydrogen-bond donors (Lipinski definition) is 1. The van der Waals surface area contributed by atoms with Gasteiger partial charge in [0.15, 0.2) is 0 Å². The minimum Gasteiger partial charge on any atom is -0.469 e. The van der Waals surface area contributed by atoms with Crippen molar-refractivity contribution in [2.75, 3.05) is 7.11 Å². The molecule has 0 aliphatic carbocycles. The van der Waals surface area contributed by atoms with Gasteiger partial charge >= 0.3 is 5.97 Å². The average molecular weight is 182 g/mol. The third-order valence-corrected chi connectivity index (χ3v) is 1.72. The van der Waals surface area contributed by atoms with Gasteiger partial charge in [-0.25, -0.2) is 5.10 Å². The van der Waals surface area contributed by atoms with E-state index in [0.717, 1.165) is 0 Å². The maximum Gasteiger partial charge on any atom is 0.310 e. The van der Waals surface area contributed by atoms with Crippen molar-refractivity contribution >= 4 is 5.97 Å². The second kappa shape index (κ2) is 3.84. The molecule has 0 saturated heterocycles. The molecule has 1 N–H and O–H groups in total. The molecule has 0 unspecified atom stereocenters. The molecule has 1 rings (SSSR count). The smallest absolute Gasteiger partial charge is 0.310 e. The van der Waals surface area contributed by atoms with Crippen LogP contribution in [0.4, 0.5) is 0 Å². The number of H-pyrrole nitrogens is 1. The molecule has 0 fully saturated rings. The van der Waals surface area contributed by atoms with Crippen LogP contribution in [0.3, 0.4) is 0 Å². The Morgan fingerprint density at radius 1 is 1.69 bits per heavy atom. The number of nitrogens with one attached hydrogen (secondary N) is 1. The van der Waals surface area contributed by atoms with Crippen molar-refractivity contribution in [1.29, 1.82) is 0 Å². The summed E-state index contributed by atoms with van der Waals surface area (Å²) < 4.78 is 4.45. The van der Waals surface area contributed by atoms with Crippen LogP contribution in [-0.2, 0) is 16.0 Å². The van der Waals surface area contributed by atoms with E-state index in [1.54, 1.807) is 6.92 Å². The highest BCUT2D eigenvalue weighted by molar-refractivity contribution is 5.72. The number of methoxy groups -OCH3 is 1. The topological polar surface area (TPSA) is 72.0 Å². The van der Waals surface area contributed by atoms with Gasteiger partial charge in [0, 0.05) is 5.56 Å². The van der Waals surface area contributed by atoms with Crippen LogP contribution in [0, 0.1) is 6.92 Å². The maximum absolute atomic E-state index is 11.2. The molecule has 0 spiro atoms. The molecular weight excluding hydrogens is 172 g/mol. The Labute approximate surface area is 74.7 Å². The van der Waals surface area contributed by atoms with Crippen molar-refractivity contribution in [2.24, 2.45) is 0 Å². The Balaban J connectivity index is 3.00. The predicted molar refractivity (Wildman–Crippen MR) is 45.3 cm³/mol. The van der Waals surface area contributed by atoms with Gasteiger partial charge in [-0.15, -0.1) is 0 Å². The fourth-order valence-electron chi connectivity index (χ4n) is 0.948. The molecule has 0 saturated carbocycles. The Morgan fingerprint density at radius 3 is 2.92 bits per heavy atom. The summed E-state index contributed by atoms with van der Waals surface area (Å²) in [6.45, 7) is 1.72. The van der Waals surface area contributed by atoms with Gasteiger partial charge in [-0.1, -0.05) is 0 Å². The molecule has 13 heavy (non-hydrogen) atoms. The van der Waals surface area contributed by atoms with Gasteiger partial charge in [-0.3, -0.25) is 9.59 Å². The Morgan fingerprint density at radius 2 is 2.38 bits per heavy atom. The van der Waals surface area contributed by atoms with Crippen molar-refractivity contribution in [3.8, 4) is 0 Å². The van der Waals surface area contributed by atoms with E-state index in [0.29, 0.717) is 11.1 Å². The number of esters is 1. The zero-order valence-corrected chi connectivity index (χ0v) is 7.46. The molecule has 0 amide bonds. The number of aromatic amines is 1. The van der Waals surface area contributed by atoms with Crippen molar-refractivity contribution in [3.05, 3.63) is 27.7 Å². The van der Waals surface area contributed by atoms with E-state index in [9.17, 15) is 9.59 Å². The molecule has 0 aliphatic heterocycles. The van der Waals surface area contributed by atoms with E-state index in [1.165, 1.54) is 13.3 Å². The fraction of sp³-hybridized carbons (Fsp3) is 0.375. The SMILES string of the molecule is COC(=O)Cc1c(C)cn[nH]c1=O. The first-order valence-electron chi connectivity index (χ1n) is 3.75. The van der Waals surface area contributed by atoms with E-state index < -0.39 is 5.97 Å². The second-order valence-corrected chi connectivity index (χ2v) is 2.61. The van der Waals surface area contributed by atoms with Gasteiger partial charge in [-0.05, 0) is 12.5 Å². The average Bonchev–Trinajstić information content (AvgIpc) is 2.11. The van der Waals surface area contributed by atoms with Crippen LogP contribution in [-0.4, -0.2) is 23.3 Å². The summed E-state index contributed by atoms with van der Waals surface area (Å²) in [5.74, 6) is -0.431. The molecule has 0 bridgehead atoms. The summed E-state index contributed by atoms with van der Waals surface area (Å²) in [4.78, 5) is 22.1. The normalized spacial score (nSPS) is 9.69. The molecule has 5 nitrogen and oxygen atoms in total. The monoisotopic (exact) mass is 182 g/mol. The second-order valence-electron chi connectivity index (χ2n) is 2.61. The van der Waals surface area contributed by atoms with E-state index in [-0.39, 0.29) is 12.0 Å². The standard InChI is InChI=1S/C8H10N2O3/c1-5-4-9-10-8(12)6(5)3-7(11)13-2/h4H,3H2,1-2H3,(H,10,12). The molecular formula is C8H10N2O3. The van der Waals surface area contributed by atoms with Crippen LogP contribution in [0.5, 0.6) is 0 Å². The van der Waals surface area contributed by atoms with Gasteiger partial charge in [0.25, 0.3) is 5.56 Å². The molecule has 0 atom stereocenters. The number of hydrogen-bond acceptors (Lipinski definition) is 4. The molecule has 0 aliphatic rings. The molecule has 0 aromatic carbocycles. The van der Waals surface area contributed by atoms with Gasteiger partial charge in [0.05, 0.1) is 19.7 Å². The number of nitrogens with zero attached hydrogens (tertiary/aromatic N) is 1. The number of carbonyl (C=O) groups excluding carboxylic acids is 1. The molecule has 0 radical (unpaired) electrons. The zero-order valence-electron chi connectivity index (χ0n) is 7.46. The van der Waals surface area contributed by atoms with Gasteiger partial charge < -0.3 is 4.74 Å². The minimum absolute atomic E-state index is 0.0137. The van der Waals surface area contributed by atoms with E-state index in [1.807, 2.05) is 0 Å². The van der Waals surface area contributed by atoms with Crippen molar-refractivity contribution in [3.63, 3.8) is 0 Å². The fourth-order valence-corrected chi connectivity index (χ4v) is 0.948. The summed E-state index contributed by atoms with van der Waals surface area (Å²) >= 11 is 0. The number of rotatable bonds is 2. The summed E-state index contributed by atoms with van der Waals surface area (Å²) in [6, 6.07) is 0. The van der Waals surface area contributed by atoms with E-state index in [2.05, 4.69) is 14.9 Å². The number of aromatic nitrogens is 2. The van der Waals surface area contributed by atoms with Crippen LogP contribution in [0.2, 0.25) is 0 Å². The van der Waals surface area contributed by atoms with Crippen molar-refractivity contribution in [1.82, 2.24) is 10.2 Å². The third-order valence-electron chi connectivity index (χ3n) is 1.72. The highest BCUT2D eigenvalue weighted by Crippen LogP contribution is 2.00. The summed E-state index contributed by atoms with van der Waals surface area (Å²) in [5.41, 5.74) is 0.751. The first-order chi connectivity index (χ1) is 6.15. The highest BCUT2D eigenvalue weighted by Gasteiger charge is 2.09. The molecule has 1 aromatic rings.